The second-order valence-electron chi connectivity index (χ2n) is 6.65. The van der Waals surface area contributed by atoms with Crippen LogP contribution in [0, 0.1) is 12.8 Å². The van der Waals surface area contributed by atoms with Crippen LogP contribution in [0.25, 0.3) is 0 Å². The van der Waals surface area contributed by atoms with Gasteiger partial charge in [0.15, 0.2) is 0 Å². The Morgan fingerprint density at radius 2 is 2.00 bits per heavy atom. The molecule has 1 aliphatic heterocycles. The summed E-state index contributed by atoms with van der Waals surface area (Å²) in [5.41, 5.74) is 2.80. The number of carbonyl (C=O) groups is 2. The topological polar surface area (TPSA) is 58.6 Å². The molecule has 3 rings (SSSR count). The standard InChI is InChI=1S/C21H23ClN2O3/c1-14-13-16(5-8-19(14)22)24-12-10-18(21(24)26)20(25)23-11-9-15-3-6-17(27-2)7-4-15/h3-8,13,18H,9-12H2,1-2H3,(H,23,25)/t18-/m1/s1. The molecule has 1 atom stereocenters. The van der Waals surface area contributed by atoms with Crippen molar-refractivity contribution in [1.82, 2.24) is 5.32 Å². The Balaban J connectivity index is 1.54. The number of methoxy groups -OCH3 is 1. The van der Waals surface area contributed by atoms with E-state index in [1.807, 2.05) is 43.3 Å². The normalized spacial score (nSPS) is 16.5. The lowest BCUT2D eigenvalue weighted by atomic mass is 10.1. The molecule has 2 amide bonds. The van der Waals surface area contributed by atoms with Gasteiger partial charge in [0.2, 0.25) is 11.8 Å². The Labute approximate surface area is 164 Å². The highest BCUT2D eigenvalue weighted by molar-refractivity contribution is 6.31. The van der Waals surface area contributed by atoms with E-state index >= 15 is 0 Å². The highest BCUT2D eigenvalue weighted by Gasteiger charge is 2.37. The van der Waals surface area contributed by atoms with Crippen molar-refractivity contribution in [2.45, 2.75) is 19.8 Å². The molecule has 0 aliphatic carbocycles. The first-order chi connectivity index (χ1) is 13.0. The Hall–Kier alpha value is -2.53. The number of rotatable bonds is 6. The number of benzene rings is 2. The van der Waals surface area contributed by atoms with Crippen LogP contribution >= 0.6 is 11.6 Å². The summed E-state index contributed by atoms with van der Waals surface area (Å²) in [5, 5.41) is 3.55. The van der Waals surface area contributed by atoms with E-state index < -0.39 is 5.92 Å². The highest BCUT2D eigenvalue weighted by atomic mass is 35.5. The van der Waals surface area contributed by atoms with Crippen LogP contribution in [0.5, 0.6) is 5.75 Å². The fourth-order valence-electron chi connectivity index (χ4n) is 3.22. The Kier molecular flexibility index (Phi) is 6.01. The third-order valence-electron chi connectivity index (χ3n) is 4.85. The highest BCUT2D eigenvalue weighted by Crippen LogP contribution is 2.28. The van der Waals surface area contributed by atoms with Crippen LogP contribution < -0.4 is 15.0 Å². The fourth-order valence-corrected chi connectivity index (χ4v) is 3.34. The maximum Gasteiger partial charge on any atom is 0.239 e. The van der Waals surface area contributed by atoms with Crippen LogP contribution in [-0.2, 0) is 16.0 Å². The van der Waals surface area contributed by atoms with Gasteiger partial charge in [0, 0.05) is 23.8 Å². The Morgan fingerprint density at radius 3 is 2.67 bits per heavy atom. The number of nitrogens with one attached hydrogen (secondary N) is 1. The number of halogens is 1. The molecule has 0 aromatic heterocycles. The van der Waals surface area contributed by atoms with Gasteiger partial charge in [-0.1, -0.05) is 23.7 Å². The molecule has 0 saturated carbocycles. The second kappa shape index (κ2) is 8.44. The molecule has 0 bridgehead atoms. The molecular weight excluding hydrogens is 364 g/mol. The van der Waals surface area contributed by atoms with Crippen LogP contribution in [0.1, 0.15) is 17.5 Å². The lowest BCUT2D eigenvalue weighted by Gasteiger charge is -2.17. The number of nitrogens with zero attached hydrogens (tertiary/aromatic N) is 1. The van der Waals surface area contributed by atoms with Crippen LogP contribution in [0.4, 0.5) is 5.69 Å². The number of ether oxygens (including phenoxy) is 1. The minimum absolute atomic E-state index is 0.154. The van der Waals surface area contributed by atoms with Crippen LogP contribution in [0.2, 0.25) is 5.02 Å². The summed E-state index contributed by atoms with van der Waals surface area (Å²) in [7, 11) is 1.63. The average molecular weight is 387 g/mol. The summed E-state index contributed by atoms with van der Waals surface area (Å²) < 4.78 is 5.13. The molecule has 1 heterocycles. The second-order valence-corrected chi connectivity index (χ2v) is 7.06. The molecular formula is C21H23ClN2O3. The van der Waals surface area contributed by atoms with Gasteiger partial charge in [0.25, 0.3) is 0 Å². The predicted molar refractivity (Wildman–Crippen MR) is 106 cm³/mol. The number of amides is 2. The molecule has 0 radical (unpaired) electrons. The molecule has 0 unspecified atom stereocenters. The first-order valence-corrected chi connectivity index (χ1v) is 9.35. The van der Waals surface area contributed by atoms with Crippen molar-refractivity contribution in [2.24, 2.45) is 5.92 Å². The number of hydrogen-bond acceptors (Lipinski definition) is 3. The Morgan fingerprint density at radius 1 is 1.26 bits per heavy atom. The minimum atomic E-state index is -0.628. The average Bonchev–Trinajstić information content (AvgIpc) is 3.06. The van der Waals surface area contributed by atoms with Crippen molar-refractivity contribution in [3.8, 4) is 5.75 Å². The van der Waals surface area contributed by atoms with E-state index in [1.165, 1.54) is 0 Å². The van der Waals surface area contributed by atoms with Crippen molar-refractivity contribution < 1.29 is 14.3 Å². The van der Waals surface area contributed by atoms with E-state index in [-0.39, 0.29) is 11.8 Å². The van der Waals surface area contributed by atoms with Crippen molar-refractivity contribution >= 4 is 29.1 Å². The van der Waals surface area contributed by atoms with Gasteiger partial charge in [-0.25, -0.2) is 0 Å². The van der Waals surface area contributed by atoms with Crippen LogP contribution in [0.15, 0.2) is 42.5 Å². The van der Waals surface area contributed by atoms with Crippen molar-refractivity contribution in [3.05, 3.63) is 58.6 Å². The number of anilines is 1. The third kappa shape index (κ3) is 4.42. The summed E-state index contributed by atoms with van der Waals surface area (Å²) in [6.45, 7) is 2.93. The van der Waals surface area contributed by atoms with E-state index in [9.17, 15) is 9.59 Å². The first-order valence-electron chi connectivity index (χ1n) is 8.98. The largest absolute Gasteiger partial charge is 0.497 e. The number of carbonyl (C=O) groups excluding carboxylic acids is 2. The molecule has 2 aromatic rings. The van der Waals surface area contributed by atoms with Gasteiger partial charge in [0.1, 0.15) is 11.7 Å². The molecule has 142 valence electrons. The number of hydrogen-bond donors (Lipinski definition) is 1. The minimum Gasteiger partial charge on any atom is -0.497 e. The lowest BCUT2D eigenvalue weighted by Crippen LogP contribution is -2.37. The summed E-state index contributed by atoms with van der Waals surface area (Å²) >= 11 is 6.05. The predicted octanol–water partition coefficient (Wildman–Crippen LogP) is 3.37. The quantitative estimate of drug-likeness (QED) is 0.774. The monoisotopic (exact) mass is 386 g/mol. The van der Waals surface area contributed by atoms with Gasteiger partial charge < -0.3 is 15.0 Å². The molecule has 0 spiro atoms. The third-order valence-corrected chi connectivity index (χ3v) is 5.27. The van der Waals surface area contributed by atoms with Gasteiger partial charge in [-0.2, -0.15) is 0 Å². The van der Waals surface area contributed by atoms with Crippen molar-refractivity contribution in [2.75, 3.05) is 25.1 Å². The smallest absolute Gasteiger partial charge is 0.239 e. The molecule has 2 aromatic carbocycles. The maximum atomic E-state index is 12.7. The van der Waals surface area contributed by atoms with E-state index in [0.29, 0.717) is 31.0 Å². The maximum absolute atomic E-state index is 12.7. The van der Waals surface area contributed by atoms with E-state index in [4.69, 9.17) is 16.3 Å². The molecule has 27 heavy (non-hydrogen) atoms. The first kappa shape index (κ1) is 19.2. The van der Waals surface area contributed by atoms with Crippen LogP contribution in [0.3, 0.4) is 0 Å². The Bertz CT molecular complexity index is 836. The van der Waals surface area contributed by atoms with Crippen LogP contribution in [-0.4, -0.2) is 32.0 Å². The van der Waals surface area contributed by atoms with Crippen molar-refractivity contribution in [3.63, 3.8) is 0 Å². The van der Waals surface area contributed by atoms with Gasteiger partial charge in [-0.15, -0.1) is 0 Å². The zero-order chi connectivity index (χ0) is 19.4. The van der Waals surface area contributed by atoms with Gasteiger partial charge >= 0.3 is 0 Å². The van der Waals surface area contributed by atoms with E-state index in [2.05, 4.69) is 5.32 Å². The fraction of sp³-hybridized carbons (Fsp3) is 0.333. The zero-order valence-electron chi connectivity index (χ0n) is 15.5. The molecule has 6 heteroatoms. The van der Waals surface area contributed by atoms with Gasteiger partial charge in [-0.05, 0) is 61.2 Å². The molecule has 1 saturated heterocycles. The van der Waals surface area contributed by atoms with Crippen molar-refractivity contribution in [1.29, 1.82) is 0 Å². The summed E-state index contributed by atoms with van der Waals surface area (Å²) in [6.07, 6.45) is 1.23. The zero-order valence-corrected chi connectivity index (χ0v) is 16.3. The summed E-state index contributed by atoms with van der Waals surface area (Å²) in [4.78, 5) is 26.8. The molecule has 1 fully saturated rings. The lowest BCUT2D eigenvalue weighted by molar-refractivity contribution is -0.132. The van der Waals surface area contributed by atoms with Gasteiger partial charge in [0.05, 0.1) is 7.11 Å². The molecule has 1 N–H and O–H groups in total. The molecule has 5 nitrogen and oxygen atoms in total. The number of aryl methyl sites for hydroxylation is 1. The van der Waals surface area contributed by atoms with E-state index in [1.54, 1.807) is 18.1 Å². The van der Waals surface area contributed by atoms with E-state index in [0.717, 1.165) is 22.6 Å². The molecule has 1 aliphatic rings. The summed E-state index contributed by atoms with van der Waals surface area (Å²) in [5.74, 6) is -0.186. The summed E-state index contributed by atoms with van der Waals surface area (Å²) in [6, 6.07) is 13.2. The van der Waals surface area contributed by atoms with Gasteiger partial charge in [-0.3, -0.25) is 9.59 Å². The SMILES string of the molecule is COc1ccc(CCNC(=O)[C@H]2CCN(c3ccc(Cl)c(C)c3)C2=O)cc1.